The molecule has 0 aromatic heterocycles. The summed E-state index contributed by atoms with van der Waals surface area (Å²) >= 11 is 0. The van der Waals surface area contributed by atoms with Crippen LogP contribution in [0.5, 0.6) is 23.0 Å². The molecule has 6 aromatic carbocycles. The Morgan fingerprint density at radius 1 is 0.283 bits per heavy atom. The number of nitrogens with one attached hydrogen (secondary N) is 4. The van der Waals surface area contributed by atoms with Crippen molar-refractivity contribution in [3.05, 3.63) is 212 Å². The third-order valence-corrected chi connectivity index (χ3v) is 11.2. The summed E-state index contributed by atoms with van der Waals surface area (Å²) < 4.78 is 0. The van der Waals surface area contributed by atoms with Crippen LogP contribution in [0.2, 0.25) is 0 Å². The zero-order chi connectivity index (χ0) is 41.8. The number of aromatic hydroxyl groups is 4. The average molecular weight is 801 g/mol. The number of allylic oxidation sites excluding steroid dienone is 2. The summed E-state index contributed by atoms with van der Waals surface area (Å²) in [5, 5.41) is 58.7. The Hall–Kier alpha value is -6.16. The van der Waals surface area contributed by atoms with Crippen molar-refractivity contribution >= 4 is 0 Å². The first-order chi connectivity index (χ1) is 29.2. The van der Waals surface area contributed by atoms with Crippen LogP contribution in [-0.2, 0) is 78.0 Å². The molecule has 4 aliphatic rings. The number of para-hydroxylation sites is 4. The SMILES string of the molecule is C=C1Cc2cccc(c2O)CNCc2ccc(cc2)CNCc2cccc(c2O)CC(=C)Cc2cccc(c2O)CNCc2ccc(cc2)CNCc2cccc(c2O)C1. The smallest absolute Gasteiger partial charge is 0.123 e. The lowest BCUT2D eigenvalue weighted by Crippen LogP contribution is -2.15. The second kappa shape index (κ2) is 20.2. The zero-order valence-electron chi connectivity index (χ0n) is 34.2. The van der Waals surface area contributed by atoms with Crippen molar-refractivity contribution in [2.45, 2.75) is 78.0 Å². The number of benzene rings is 6. The number of phenolic OH excluding ortho intramolecular Hbond substituents is 4. The molecule has 0 saturated carbocycles. The van der Waals surface area contributed by atoms with E-state index in [2.05, 4.69) is 83.0 Å². The van der Waals surface area contributed by atoms with Crippen LogP contribution in [0.25, 0.3) is 0 Å². The molecule has 308 valence electrons. The van der Waals surface area contributed by atoms with Gasteiger partial charge in [-0.2, -0.15) is 0 Å². The average Bonchev–Trinajstić information content (AvgIpc) is 3.24. The first-order valence-electron chi connectivity index (χ1n) is 20.7. The van der Waals surface area contributed by atoms with E-state index in [-0.39, 0.29) is 23.0 Å². The van der Waals surface area contributed by atoms with Crippen molar-refractivity contribution < 1.29 is 20.4 Å². The minimum Gasteiger partial charge on any atom is -0.507 e. The fourth-order valence-corrected chi connectivity index (χ4v) is 7.84. The first-order valence-corrected chi connectivity index (χ1v) is 20.7. The highest BCUT2D eigenvalue weighted by molar-refractivity contribution is 5.47. The number of rotatable bonds is 0. The lowest BCUT2D eigenvalue weighted by Gasteiger charge is -2.15. The van der Waals surface area contributed by atoms with E-state index in [0.29, 0.717) is 78.0 Å². The van der Waals surface area contributed by atoms with Gasteiger partial charge in [-0.05, 0) is 70.2 Å². The minimum atomic E-state index is 0.269. The molecule has 10 rings (SSSR count). The van der Waals surface area contributed by atoms with Crippen molar-refractivity contribution in [3.8, 4) is 23.0 Å². The third-order valence-electron chi connectivity index (χ3n) is 11.2. The highest BCUT2D eigenvalue weighted by Crippen LogP contribution is 2.31. The molecular weight excluding hydrogens is 745 g/mol. The third kappa shape index (κ3) is 11.1. The van der Waals surface area contributed by atoms with Crippen LogP contribution in [0.4, 0.5) is 0 Å². The van der Waals surface area contributed by atoms with Gasteiger partial charge in [0.05, 0.1) is 0 Å². The molecular formula is C52H56N4O4. The Morgan fingerprint density at radius 2 is 0.483 bits per heavy atom. The van der Waals surface area contributed by atoms with Gasteiger partial charge in [0.25, 0.3) is 0 Å². The maximum atomic E-state index is 11.2. The van der Waals surface area contributed by atoms with Crippen LogP contribution in [0, 0.1) is 0 Å². The number of hydrogen-bond acceptors (Lipinski definition) is 8. The van der Waals surface area contributed by atoms with E-state index in [0.717, 1.165) is 77.9 Å². The van der Waals surface area contributed by atoms with Gasteiger partial charge < -0.3 is 41.7 Å². The fourth-order valence-electron chi connectivity index (χ4n) is 7.84. The summed E-state index contributed by atoms with van der Waals surface area (Å²) in [5.74, 6) is 1.07. The summed E-state index contributed by atoms with van der Waals surface area (Å²) in [7, 11) is 0. The van der Waals surface area contributed by atoms with Gasteiger partial charge in [-0.1, -0.05) is 146 Å². The van der Waals surface area contributed by atoms with Crippen LogP contribution >= 0.6 is 0 Å². The van der Waals surface area contributed by atoms with Gasteiger partial charge in [-0.3, -0.25) is 0 Å². The molecule has 12 bridgehead atoms. The van der Waals surface area contributed by atoms with E-state index in [9.17, 15) is 20.4 Å². The van der Waals surface area contributed by atoms with Crippen molar-refractivity contribution in [3.63, 3.8) is 0 Å². The van der Waals surface area contributed by atoms with Gasteiger partial charge in [0.15, 0.2) is 0 Å². The summed E-state index contributed by atoms with van der Waals surface area (Å²) in [6.07, 6.45) is 2.00. The van der Waals surface area contributed by atoms with Gasteiger partial charge in [0, 0.05) is 74.6 Å². The van der Waals surface area contributed by atoms with E-state index >= 15 is 0 Å². The lowest BCUT2D eigenvalue weighted by atomic mass is 9.96. The van der Waals surface area contributed by atoms with E-state index in [1.165, 1.54) is 0 Å². The molecule has 0 saturated heterocycles. The monoisotopic (exact) mass is 800 g/mol. The van der Waals surface area contributed by atoms with Crippen LogP contribution < -0.4 is 21.3 Å². The van der Waals surface area contributed by atoms with Crippen LogP contribution in [0.1, 0.15) is 66.8 Å². The quantitative estimate of drug-likeness (QED) is 0.0718. The van der Waals surface area contributed by atoms with Gasteiger partial charge in [0.1, 0.15) is 23.0 Å². The highest BCUT2D eigenvalue weighted by Gasteiger charge is 2.14. The predicted octanol–water partition coefficient (Wildman–Crippen LogP) is 8.66. The summed E-state index contributed by atoms with van der Waals surface area (Å²) in [6, 6.07) is 40.1. The molecule has 0 amide bonds. The van der Waals surface area contributed by atoms with Crippen LogP contribution in [0.3, 0.4) is 0 Å². The Bertz CT molecular complexity index is 2090. The Labute approximate surface area is 354 Å². The highest BCUT2D eigenvalue weighted by atomic mass is 16.3. The van der Waals surface area contributed by atoms with E-state index in [1.54, 1.807) is 0 Å². The Kier molecular flexibility index (Phi) is 14.1. The molecule has 4 aliphatic heterocycles. The minimum absolute atomic E-state index is 0.269. The normalized spacial score (nSPS) is 15.3. The molecule has 0 radical (unpaired) electrons. The van der Waals surface area contributed by atoms with Crippen molar-refractivity contribution in [2.75, 3.05) is 0 Å². The maximum absolute atomic E-state index is 11.2. The molecule has 60 heavy (non-hydrogen) atoms. The second-order valence-electron chi connectivity index (χ2n) is 16.0. The Morgan fingerprint density at radius 3 is 0.700 bits per heavy atom. The Balaban J connectivity index is 1.04. The lowest BCUT2D eigenvalue weighted by molar-refractivity contribution is 0.456. The van der Waals surface area contributed by atoms with E-state index in [1.807, 2.05) is 72.8 Å². The number of phenols is 4. The number of hydrogen-bond donors (Lipinski definition) is 8. The predicted molar refractivity (Wildman–Crippen MR) is 241 cm³/mol. The van der Waals surface area contributed by atoms with Crippen molar-refractivity contribution in [1.82, 2.24) is 21.3 Å². The molecule has 0 atom stereocenters. The van der Waals surface area contributed by atoms with E-state index < -0.39 is 0 Å². The molecule has 8 nitrogen and oxygen atoms in total. The maximum Gasteiger partial charge on any atom is 0.123 e. The van der Waals surface area contributed by atoms with Gasteiger partial charge in [-0.15, -0.1) is 0 Å². The molecule has 8 N–H and O–H groups in total. The molecule has 0 aliphatic carbocycles. The zero-order valence-corrected chi connectivity index (χ0v) is 34.2. The summed E-state index contributed by atoms with van der Waals surface area (Å²) in [4.78, 5) is 0. The summed E-state index contributed by atoms with van der Waals surface area (Å²) in [6.45, 7) is 13.3. The van der Waals surface area contributed by atoms with E-state index in [4.69, 9.17) is 0 Å². The standard InChI is InChI=1S/C52H56N4O4/c1-35-23-41-7-3-11-45(49(41)57)31-53-27-37-15-19-39(20-16-37)29-55-33-47-13-5-9-43(51(47)59)25-36(2)26-44-10-6-14-48(52(44)60)34-56-30-40-21-17-38(18-22-40)28-54-32-46-12-4-8-42(24-35)50(46)58/h3-22,53-60H,1-2,23-34H2. The largest absolute Gasteiger partial charge is 0.507 e. The van der Waals surface area contributed by atoms with Gasteiger partial charge in [-0.25, -0.2) is 0 Å². The summed E-state index contributed by atoms with van der Waals surface area (Å²) in [5.41, 5.74) is 12.9. The van der Waals surface area contributed by atoms with Gasteiger partial charge >= 0.3 is 0 Å². The molecule has 6 aromatic rings. The van der Waals surface area contributed by atoms with Crippen LogP contribution in [0.15, 0.2) is 146 Å². The van der Waals surface area contributed by atoms with Gasteiger partial charge in [0.2, 0.25) is 0 Å². The molecule has 0 unspecified atom stereocenters. The second-order valence-corrected chi connectivity index (χ2v) is 16.0. The fraction of sp³-hybridized carbons (Fsp3) is 0.231. The molecule has 8 heteroatoms. The van der Waals surface area contributed by atoms with Crippen molar-refractivity contribution in [2.24, 2.45) is 0 Å². The first kappa shape index (κ1) is 42.0. The van der Waals surface area contributed by atoms with Crippen molar-refractivity contribution in [1.29, 1.82) is 0 Å². The molecule has 0 fully saturated rings. The van der Waals surface area contributed by atoms with Crippen LogP contribution in [-0.4, -0.2) is 20.4 Å². The molecule has 0 spiro atoms. The topological polar surface area (TPSA) is 129 Å². The molecule has 4 heterocycles.